The van der Waals surface area contributed by atoms with Crippen molar-refractivity contribution in [3.05, 3.63) is 19.9 Å². The lowest BCUT2D eigenvalue weighted by Crippen LogP contribution is -2.48. The third kappa shape index (κ3) is 4.91. The predicted octanol–water partition coefficient (Wildman–Crippen LogP) is 2.45. The van der Waals surface area contributed by atoms with Crippen LogP contribution >= 0.6 is 33.9 Å². The van der Waals surface area contributed by atoms with Gasteiger partial charge in [-0.25, -0.2) is 0 Å². The van der Waals surface area contributed by atoms with E-state index >= 15 is 0 Å². The average molecular weight is 421 g/mol. The number of hydrogen-bond donors (Lipinski definition) is 0. The Balaban J connectivity index is 2.09. The van der Waals surface area contributed by atoms with Crippen molar-refractivity contribution in [1.82, 2.24) is 14.7 Å². The van der Waals surface area contributed by atoms with Crippen LogP contribution in [-0.2, 0) is 0 Å². The highest BCUT2D eigenvalue weighted by Gasteiger charge is 2.27. The molecule has 2 heterocycles. The molecule has 1 aromatic heterocycles. The molecule has 0 N–H and O–H groups in total. The van der Waals surface area contributed by atoms with E-state index in [0.29, 0.717) is 6.04 Å². The van der Waals surface area contributed by atoms with E-state index in [1.807, 2.05) is 11.4 Å². The van der Waals surface area contributed by atoms with Gasteiger partial charge in [0.1, 0.15) is 0 Å². The van der Waals surface area contributed by atoms with Crippen molar-refractivity contribution in [2.24, 2.45) is 0 Å². The van der Waals surface area contributed by atoms with Gasteiger partial charge < -0.3 is 14.7 Å². The minimum atomic E-state index is 0.200. The zero-order valence-electron chi connectivity index (χ0n) is 13.0. The molecule has 6 heteroatoms. The first-order valence-electron chi connectivity index (χ1n) is 7.35. The Hall–Kier alpha value is -0.180. The predicted molar refractivity (Wildman–Crippen MR) is 97.1 cm³/mol. The van der Waals surface area contributed by atoms with Crippen molar-refractivity contribution in [3.63, 3.8) is 0 Å². The number of carbonyl (C=O) groups is 1. The molecule has 1 aliphatic heterocycles. The first-order valence-corrected chi connectivity index (χ1v) is 9.31. The van der Waals surface area contributed by atoms with E-state index in [0.717, 1.165) is 44.6 Å². The fourth-order valence-corrected chi connectivity index (χ4v) is 3.97. The van der Waals surface area contributed by atoms with Crippen LogP contribution in [0.4, 0.5) is 0 Å². The monoisotopic (exact) mass is 421 g/mol. The fourth-order valence-electron chi connectivity index (χ4n) is 2.65. The number of likely N-dealkylation sites (N-methyl/N-ethyl adjacent to an activating group) is 1. The summed E-state index contributed by atoms with van der Waals surface area (Å²) in [7, 11) is 6.28. The summed E-state index contributed by atoms with van der Waals surface area (Å²) < 4.78 is 1.17. The Morgan fingerprint density at radius 3 is 2.57 bits per heavy atom. The summed E-state index contributed by atoms with van der Waals surface area (Å²) in [4.78, 5) is 19.4. The summed E-state index contributed by atoms with van der Waals surface area (Å²) in [6, 6.07) is 2.39. The van der Waals surface area contributed by atoms with Crippen molar-refractivity contribution in [2.45, 2.75) is 18.9 Å². The number of hydrogen-bond acceptors (Lipinski definition) is 4. The van der Waals surface area contributed by atoms with Gasteiger partial charge >= 0.3 is 0 Å². The molecule has 118 valence electrons. The molecular formula is C15H24IN3OS. The van der Waals surface area contributed by atoms with E-state index in [9.17, 15) is 4.79 Å². The topological polar surface area (TPSA) is 26.8 Å². The zero-order chi connectivity index (χ0) is 15.4. The van der Waals surface area contributed by atoms with E-state index in [1.54, 1.807) is 11.3 Å². The first-order chi connectivity index (χ1) is 9.97. The molecule has 1 saturated heterocycles. The Bertz CT molecular complexity index is 469. The lowest BCUT2D eigenvalue weighted by atomic mass is 10.0. The van der Waals surface area contributed by atoms with Crippen molar-refractivity contribution in [2.75, 3.05) is 47.3 Å². The van der Waals surface area contributed by atoms with Gasteiger partial charge in [0.2, 0.25) is 0 Å². The van der Waals surface area contributed by atoms with Crippen LogP contribution in [0.2, 0.25) is 0 Å². The number of halogens is 1. The second kappa shape index (κ2) is 7.89. The van der Waals surface area contributed by atoms with Crippen molar-refractivity contribution >= 4 is 39.8 Å². The standard InChI is InChI=1S/C15H24IN3OS/c1-17(2)8-9-19(13-4-6-18(3)7-5-13)15(20)12-10-14(16)21-11-12/h10-11,13H,4-9H2,1-3H3. The molecule has 1 amide bonds. The van der Waals surface area contributed by atoms with Gasteiger partial charge in [-0.05, 0) is 75.7 Å². The highest BCUT2D eigenvalue weighted by Crippen LogP contribution is 2.22. The quantitative estimate of drug-likeness (QED) is 0.684. The van der Waals surface area contributed by atoms with E-state index < -0.39 is 0 Å². The number of carbonyl (C=O) groups excluding carboxylic acids is 1. The fraction of sp³-hybridized carbons (Fsp3) is 0.667. The van der Waals surface area contributed by atoms with Crippen molar-refractivity contribution in [3.8, 4) is 0 Å². The summed E-state index contributed by atoms with van der Waals surface area (Å²) in [6.07, 6.45) is 2.16. The normalized spacial score (nSPS) is 17.4. The maximum absolute atomic E-state index is 12.8. The van der Waals surface area contributed by atoms with Crippen LogP contribution in [0.1, 0.15) is 23.2 Å². The van der Waals surface area contributed by atoms with Crippen LogP contribution in [-0.4, -0.2) is 74.0 Å². The van der Waals surface area contributed by atoms with Crippen molar-refractivity contribution in [1.29, 1.82) is 0 Å². The summed E-state index contributed by atoms with van der Waals surface area (Å²) in [5.74, 6) is 0.200. The second-order valence-corrected chi connectivity index (χ2v) is 8.78. The Kier molecular flexibility index (Phi) is 6.46. The molecule has 21 heavy (non-hydrogen) atoms. The van der Waals surface area contributed by atoms with Gasteiger partial charge in [-0.1, -0.05) is 0 Å². The Morgan fingerprint density at radius 2 is 2.05 bits per heavy atom. The van der Waals surface area contributed by atoms with Gasteiger partial charge in [0.25, 0.3) is 5.91 Å². The number of thiophene rings is 1. The van der Waals surface area contributed by atoms with Crippen molar-refractivity contribution < 1.29 is 4.79 Å². The molecule has 1 aliphatic rings. The summed E-state index contributed by atoms with van der Waals surface area (Å²) in [5, 5.41) is 1.99. The minimum absolute atomic E-state index is 0.200. The SMILES string of the molecule is CN(C)CCN(C(=O)c1csc(I)c1)C1CCN(C)CC1. The third-order valence-corrected chi connectivity index (χ3v) is 5.78. The molecule has 1 aromatic rings. The molecule has 0 saturated carbocycles. The summed E-state index contributed by atoms with van der Waals surface area (Å²) in [6.45, 7) is 3.89. The molecular weight excluding hydrogens is 397 g/mol. The second-order valence-electron chi connectivity index (χ2n) is 5.98. The molecule has 0 aromatic carbocycles. The molecule has 4 nitrogen and oxygen atoms in total. The van der Waals surface area contributed by atoms with Gasteiger partial charge in [-0.2, -0.15) is 0 Å². The molecule has 2 rings (SSSR count). The van der Waals surface area contributed by atoms with E-state index in [1.165, 1.54) is 2.88 Å². The largest absolute Gasteiger partial charge is 0.334 e. The van der Waals surface area contributed by atoms with Gasteiger partial charge in [0.05, 0.1) is 8.45 Å². The molecule has 1 fully saturated rings. The van der Waals surface area contributed by atoms with E-state index in [-0.39, 0.29) is 5.91 Å². The number of likely N-dealkylation sites (tertiary alicyclic amines) is 1. The Labute approximate surface area is 145 Å². The van der Waals surface area contributed by atoms with Gasteiger partial charge in [0, 0.05) is 24.5 Å². The molecule has 0 atom stereocenters. The molecule has 0 bridgehead atoms. The zero-order valence-corrected chi connectivity index (χ0v) is 16.0. The van der Waals surface area contributed by atoms with Crippen LogP contribution in [0.25, 0.3) is 0 Å². The van der Waals surface area contributed by atoms with Crippen LogP contribution in [0.15, 0.2) is 11.4 Å². The van der Waals surface area contributed by atoms with Gasteiger partial charge in [-0.3, -0.25) is 4.79 Å². The summed E-state index contributed by atoms with van der Waals surface area (Å²) in [5.41, 5.74) is 0.849. The van der Waals surface area contributed by atoms with Gasteiger partial charge in [-0.15, -0.1) is 11.3 Å². The van der Waals surface area contributed by atoms with Crippen LogP contribution in [0.5, 0.6) is 0 Å². The summed E-state index contributed by atoms with van der Waals surface area (Å²) >= 11 is 3.92. The lowest BCUT2D eigenvalue weighted by molar-refractivity contribution is 0.0575. The maximum Gasteiger partial charge on any atom is 0.255 e. The van der Waals surface area contributed by atoms with E-state index in [2.05, 4.69) is 58.4 Å². The highest BCUT2D eigenvalue weighted by atomic mass is 127. The third-order valence-electron chi connectivity index (χ3n) is 3.99. The smallest absolute Gasteiger partial charge is 0.255 e. The van der Waals surface area contributed by atoms with Crippen LogP contribution in [0.3, 0.4) is 0 Å². The number of amides is 1. The highest BCUT2D eigenvalue weighted by molar-refractivity contribution is 14.1. The van der Waals surface area contributed by atoms with Crippen LogP contribution < -0.4 is 0 Å². The molecule has 0 unspecified atom stereocenters. The maximum atomic E-state index is 12.8. The average Bonchev–Trinajstić information content (AvgIpc) is 2.87. The number of nitrogens with zero attached hydrogens (tertiary/aromatic N) is 3. The molecule has 0 aliphatic carbocycles. The minimum Gasteiger partial charge on any atom is -0.334 e. The Morgan fingerprint density at radius 1 is 1.38 bits per heavy atom. The lowest BCUT2D eigenvalue weighted by Gasteiger charge is -2.37. The number of rotatable bonds is 5. The van der Waals surface area contributed by atoms with E-state index in [4.69, 9.17) is 0 Å². The molecule has 0 spiro atoms. The van der Waals surface area contributed by atoms with Gasteiger partial charge in [0.15, 0.2) is 0 Å². The first kappa shape index (κ1) is 17.2. The number of piperidine rings is 1. The molecule has 0 radical (unpaired) electrons. The van der Waals surface area contributed by atoms with Crippen LogP contribution in [0, 0.1) is 2.88 Å².